The fourth-order valence-corrected chi connectivity index (χ4v) is 7.72. The van der Waals surface area contributed by atoms with Crippen molar-refractivity contribution in [2.24, 2.45) is 11.7 Å². The number of carbonyl (C=O) groups excluding carboxylic acids is 8. The van der Waals surface area contributed by atoms with E-state index in [2.05, 4.69) is 21.3 Å². The molecule has 1 aliphatic heterocycles. The number of unbranched alkanes of at least 4 members (excludes halogenated alkanes) is 1. The molecule has 0 spiro atoms. The summed E-state index contributed by atoms with van der Waals surface area (Å²) in [5.74, 6) is -6.01. The lowest BCUT2D eigenvalue weighted by Gasteiger charge is -2.35. The average Bonchev–Trinajstić information content (AvgIpc) is 3.65. The van der Waals surface area contributed by atoms with Crippen LogP contribution in [-0.4, -0.2) is 108 Å². The van der Waals surface area contributed by atoms with Gasteiger partial charge in [0.15, 0.2) is 0 Å². The summed E-state index contributed by atoms with van der Waals surface area (Å²) in [6, 6.07) is 9.16. The van der Waals surface area contributed by atoms with Crippen molar-refractivity contribution in [3.05, 3.63) is 48.0 Å². The van der Waals surface area contributed by atoms with Gasteiger partial charge in [-0.25, -0.2) is 4.79 Å². The Labute approximate surface area is 351 Å². The number of Topliss-reactive ketones (excluding diaryl/α,β-unsaturated/α-hetero) is 1. The molecule has 0 radical (unpaired) electrons. The highest BCUT2D eigenvalue weighted by molar-refractivity contribution is 6.38. The van der Waals surface area contributed by atoms with Gasteiger partial charge < -0.3 is 41.4 Å². The van der Waals surface area contributed by atoms with Crippen molar-refractivity contribution in [1.82, 2.24) is 26.2 Å². The summed E-state index contributed by atoms with van der Waals surface area (Å²) < 4.78 is 11.3. The quantitative estimate of drug-likeness (QED) is 0.0967. The lowest BCUT2D eigenvalue weighted by molar-refractivity contribution is -0.162. The van der Waals surface area contributed by atoms with Crippen molar-refractivity contribution in [2.45, 2.75) is 141 Å². The number of nitrogens with two attached hydrogens (primary N) is 1. The zero-order chi connectivity index (χ0) is 44.0. The van der Waals surface area contributed by atoms with Gasteiger partial charge >= 0.3 is 5.97 Å². The number of amides is 6. The molecule has 2 aromatic carbocycles. The topological polar surface area (TPSA) is 232 Å². The first-order valence-electron chi connectivity index (χ1n) is 21.1. The fourth-order valence-electron chi connectivity index (χ4n) is 7.72. The lowest BCUT2D eigenvalue weighted by atomic mass is 9.83. The minimum absolute atomic E-state index is 0.000273. The van der Waals surface area contributed by atoms with Crippen LogP contribution in [0.4, 0.5) is 0 Å². The van der Waals surface area contributed by atoms with E-state index in [4.69, 9.17) is 15.2 Å². The first kappa shape index (κ1) is 47.3. The Morgan fingerprint density at radius 2 is 1.57 bits per heavy atom. The minimum Gasteiger partial charge on any atom is -0.458 e. The highest BCUT2D eigenvalue weighted by atomic mass is 16.6. The van der Waals surface area contributed by atoms with Gasteiger partial charge in [-0.1, -0.05) is 88.4 Å². The first-order chi connectivity index (χ1) is 28.5. The Bertz CT molecular complexity index is 1870. The molecule has 0 bridgehead atoms. The smallest absolute Gasteiger partial charge is 0.332 e. The Kier molecular flexibility index (Phi) is 17.6. The predicted octanol–water partition coefficient (Wildman–Crippen LogP) is 2.52. The van der Waals surface area contributed by atoms with E-state index in [1.807, 2.05) is 49.4 Å². The van der Waals surface area contributed by atoms with E-state index in [0.29, 0.717) is 25.7 Å². The third-order valence-corrected chi connectivity index (χ3v) is 10.8. The number of fused-ring (bicyclic) bond motifs is 1. The number of esters is 1. The fraction of sp³-hybridized carbons (Fsp3) is 0.591. The molecule has 1 heterocycles. The Morgan fingerprint density at radius 1 is 0.867 bits per heavy atom. The van der Waals surface area contributed by atoms with Gasteiger partial charge in [-0.2, -0.15) is 0 Å². The minimum atomic E-state index is -1.32. The van der Waals surface area contributed by atoms with Crippen molar-refractivity contribution in [3.63, 3.8) is 0 Å². The lowest BCUT2D eigenvalue weighted by Crippen LogP contribution is -2.58. The molecule has 328 valence electrons. The SMILES string of the molecule is CCCCC(NC(=O)CNC(=O)C(=O)C(CC)NC(=O)[C@@H]1C[C@@H](OCC(=O)OC(C)(C)C)CN1C(=O)C(NC(=O)Cc1ccc2ccccc2c1)C1CCCCC1)C(N)=O. The third-order valence-electron chi connectivity index (χ3n) is 10.8. The molecule has 2 fully saturated rings. The molecule has 4 rings (SSSR count). The number of benzene rings is 2. The number of hydrogen-bond donors (Lipinski definition) is 5. The van der Waals surface area contributed by atoms with Gasteiger partial charge in [0.1, 0.15) is 30.3 Å². The van der Waals surface area contributed by atoms with Crippen molar-refractivity contribution >= 4 is 58.0 Å². The standard InChI is InChI=1S/C44H62N6O10/c1-6-8-18-33(40(45)55)47-36(52)24-46-42(57)39(54)32(7-2)48-41(56)34-23-31(59-26-37(53)60-44(3,4)5)25-50(34)43(58)38(29-15-10-9-11-16-29)49-35(51)22-27-19-20-28-14-12-13-17-30(28)21-27/h12-14,17,19-21,29,31-34,38H,6-11,15-16,18,22-26H2,1-5H3,(H2,45,55)(H,46,57)(H,47,52)(H,48,56)(H,49,51)/t31-,32?,33?,34+,38?/m1/s1. The number of ketones is 1. The second kappa shape index (κ2) is 22.3. The molecule has 3 unspecified atom stereocenters. The maximum absolute atomic E-state index is 14.7. The molecule has 2 aromatic rings. The van der Waals surface area contributed by atoms with Crippen LogP contribution >= 0.6 is 0 Å². The summed E-state index contributed by atoms with van der Waals surface area (Å²) in [5, 5.41) is 12.3. The van der Waals surface area contributed by atoms with Gasteiger partial charge in [0, 0.05) is 13.0 Å². The van der Waals surface area contributed by atoms with Crippen molar-refractivity contribution in [1.29, 1.82) is 0 Å². The Morgan fingerprint density at radius 3 is 2.22 bits per heavy atom. The molecule has 6 N–H and O–H groups in total. The molecule has 60 heavy (non-hydrogen) atoms. The summed E-state index contributed by atoms with van der Waals surface area (Å²) in [4.78, 5) is 107. The second-order valence-corrected chi connectivity index (χ2v) is 16.7. The monoisotopic (exact) mass is 834 g/mol. The molecule has 5 atom stereocenters. The van der Waals surface area contributed by atoms with E-state index in [0.717, 1.165) is 42.0 Å². The Balaban J connectivity index is 1.50. The van der Waals surface area contributed by atoms with Gasteiger partial charge in [0.25, 0.3) is 5.91 Å². The van der Waals surface area contributed by atoms with Crippen molar-refractivity contribution < 1.29 is 47.8 Å². The summed E-state index contributed by atoms with van der Waals surface area (Å²) >= 11 is 0. The van der Waals surface area contributed by atoms with Crippen LogP contribution in [0.2, 0.25) is 0 Å². The number of likely N-dealkylation sites (tertiary alicyclic amines) is 1. The summed E-state index contributed by atoms with van der Waals surface area (Å²) in [6.07, 6.45) is 5.05. The van der Waals surface area contributed by atoms with E-state index in [1.165, 1.54) is 4.90 Å². The third kappa shape index (κ3) is 14.1. The van der Waals surface area contributed by atoms with E-state index in [-0.39, 0.29) is 37.6 Å². The number of ether oxygens (including phenoxy) is 2. The highest BCUT2D eigenvalue weighted by Crippen LogP contribution is 2.30. The Hall–Kier alpha value is -5.38. The molecule has 1 saturated carbocycles. The maximum atomic E-state index is 14.7. The van der Waals surface area contributed by atoms with Crippen LogP contribution in [0.25, 0.3) is 10.8 Å². The molecule has 0 aromatic heterocycles. The van der Waals surface area contributed by atoms with E-state index < -0.39 is 90.3 Å². The number of hydrogen-bond acceptors (Lipinski definition) is 10. The van der Waals surface area contributed by atoms with Crippen LogP contribution in [-0.2, 0) is 54.3 Å². The van der Waals surface area contributed by atoms with Gasteiger partial charge in [0.05, 0.1) is 25.1 Å². The van der Waals surface area contributed by atoms with Gasteiger partial charge in [-0.05, 0) is 68.7 Å². The molecule has 1 saturated heterocycles. The number of rotatable bonds is 20. The van der Waals surface area contributed by atoms with Crippen LogP contribution in [0.3, 0.4) is 0 Å². The summed E-state index contributed by atoms with van der Waals surface area (Å²) in [5.41, 5.74) is 5.40. The number of carbonyl (C=O) groups is 8. The van der Waals surface area contributed by atoms with Crippen LogP contribution in [0.5, 0.6) is 0 Å². The molecule has 6 amide bonds. The zero-order valence-electron chi connectivity index (χ0n) is 35.5. The number of nitrogens with zero attached hydrogens (tertiary/aromatic N) is 1. The van der Waals surface area contributed by atoms with Gasteiger partial charge in [-0.3, -0.25) is 33.6 Å². The highest BCUT2D eigenvalue weighted by Gasteiger charge is 2.45. The van der Waals surface area contributed by atoms with Crippen molar-refractivity contribution in [3.8, 4) is 0 Å². The summed E-state index contributed by atoms with van der Waals surface area (Å²) in [7, 11) is 0. The van der Waals surface area contributed by atoms with Crippen LogP contribution in [0.15, 0.2) is 42.5 Å². The van der Waals surface area contributed by atoms with Crippen LogP contribution in [0, 0.1) is 5.92 Å². The van der Waals surface area contributed by atoms with E-state index in [9.17, 15) is 38.4 Å². The molecular weight excluding hydrogens is 773 g/mol. The molecule has 2 aliphatic rings. The number of primary amides is 1. The van der Waals surface area contributed by atoms with Crippen LogP contribution in [0.1, 0.15) is 104 Å². The zero-order valence-corrected chi connectivity index (χ0v) is 35.5. The van der Waals surface area contributed by atoms with Gasteiger partial charge in [0.2, 0.25) is 35.3 Å². The second-order valence-electron chi connectivity index (χ2n) is 16.7. The van der Waals surface area contributed by atoms with Gasteiger partial charge in [-0.15, -0.1) is 0 Å². The molecular formula is C44H62N6O10. The first-order valence-corrected chi connectivity index (χ1v) is 21.1. The maximum Gasteiger partial charge on any atom is 0.332 e. The van der Waals surface area contributed by atoms with E-state index >= 15 is 0 Å². The molecule has 1 aliphatic carbocycles. The average molecular weight is 835 g/mol. The normalized spacial score (nSPS) is 18.4. The molecule has 16 heteroatoms. The summed E-state index contributed by atoms with van der Waals surface area (Å²) in [6.45, 7) is 7.52. The van der Waals surface area contributed by atoms with Crippen LogP contribution < -0.4 is 27.0 Å². The van der Waals surface area contributed by atoms with E-state index in [1.54, 1.807) is 27.7 Å². The molecule has 16 nitrogen and oxygen atoms in total. The largest absolute Gasteiger partial charge is 0.458 e. The number of nitrogens with one attached hydrogen (secondary N) is 4. The predicted molar refractivity (Wildman–Crippen MR) is 223 cm³/mol. The van der Waals surface area contributed by atoms with Crippen molar-refractivity contribution in [2.75, 3.05) is 19.7 Å².